The Hall–Kier alpha value is -4.83. The fourth-order valence-corrected chi connectivity index (χ4v) is 5.53. The topological polar surface area (TPSA) is 97.2 Å². The molecule has 2 aliphatic rings. The van der Waals surface area contributed by atoms with Crippen molar-refractivity contribution in [3.8, 4) is 28.9 Å². The van der Waals surface area contributed by atoms with E-state index in [1.807, 2.05) is 84.9 Å². The Balaban J connectivity index is 1.72. The summed E-state index contributed by atoms with van der Waals surface area (Å²) in [5.74, 6) is 0.424. The van der Waals surface area contributed by atoms with Gasteiger partial charge in [0, 0.05) is 23.4 Å². The lowest BCUT2D eigenvalue weighted by molar-refractivity contribution is -0.121. The number of hydrogen-bond acceptors (Lipinski definition) is 5. The summed E-state index contributed by atoms with van der Waals surface area (Å²) in [6, 6.07) is 29.2. The van der Waals surface area contributed by atoms with Crippen LogP contribution in [0.3, 0.4) is 0 Å². The first kappa shape index (κ1) is 23.6. The Labute approximate surface area is 221 Å². The predicted molar refractivity (Wildman–Crippen MR) is 145 cm³/mol. The first-order valence-corrected chi connectivity index (χ1v) is 12.7. The molecule has 38 heavy (non-hydrogen) atoms. The van der Waals surface area contributed by atoms with E-state index in [0.717, 1.165) is 23.4 Å². The van der Waals surface area contributed by atoms with Crippen LogP contribution in [-0.2, 0) is 10.2 Å². The van der Waals surface area contributed by atoms with E-state index in [-0.39, 0.29) is 17.4 Å². The number of hydrogen-bond donors (Lipinski definition) is 1. The SMILES string of the molecule is CC(C)CCN1C(=O)[C@]2(C(C#N)=C(N)Oc3c2c(-c2ccccc2)nn3-c2ccccc2)c2ccccc21. The summed E-state index contributed by atoms with van der Waals surface area (Å²) in [5.41, 5.74) is 9.21. The van der Waals surface area contributed by atoms with Crippen LogP contribution in [0.5, 0.6) is 5.88 Å². The Kier molecular flexibility index (Phi) is 5.54. The summed E-state index contributed by atoms with van der Waals surface area (Å²) >= 11 is 0. The maximum Gasteiger partial charge on any atom is 0.247 e. The number of carbonyl (C=O) groups excluding carboxylic acids is 1. The zero-order valence-corrected chi connectivity index (χ0v) is 21.3. The molecule has 1 atom stereocenters. The fraction of sp³-hybridized carbons (Fsp3) is 0.194. The molecule has 0 saturated heterocycles. The standard InChI is InChI=1S/C31H27N5O2/c1-20(2)17-18-35-25-16-10-9-15-23(25)31(30(35)37)24(19-32)28(33)38-29-26(31)27(21-11-5-3-6-12-21)34-36(29)22-13-7-4-8-14-22/h3-16,20H,17-18,33H2,1-2H3/t31-/m0/s1. The minimum atomic E-state index is -1.49. The largest absolute Gasteiger partial charge is 0.422 e. The van der Waals surface area contributed by atoms with Crippen molar-refractivity contribution in [2.75, 3.05) is 11.4 Å². The number of anilines is 1. The molecule has 188 valence electrons. The molecule has 0 radical (unpaired) electrons. The van der Waals surface area contributed by atoms with Gasteiger partial charge in [-0.3, -0.25) is 4.79 Å². The third kappa shape index (κ3) is 3.27. The second-order valence-electron chi connectivity index (χ2n) is 10.0. The molecule has 3 aromatic carbocycles. The van der Waals surface area contributed by atoms with Crippen LogP contribution in [0, 0.1) is 17.2 Å². The lowest BCUT2D eigenvalue weighted by Crippen LogP contribution is -2.46. The molecule has 2 N–H and O–H groups in total. The number of aromatic nitrogens is 2. The van der Waals surface area contributed by atoms with E-state index < -0.39 is 5.41 Å². The quantitative estimate of drug-likeness (QED) is 0.400. The molecule has 6 rings (SSSR count). The lowest BCUT2D eigenvalue weighted by atomic mass is 9.68. The van der Waals surface area contributed by atoms with Crippen molar-refractivity contribution >= 4 is 11.6 Å². The van der Waals surface area contributed by atoms with E-state index in [0.29, 0.717) is 35.2 Å². The summed E-state index contributed by atoms with van der Waals surface area (Å²) in [6.45, 7) is 4.78. The van der Waals surface area contributed by atoms with Crippen LogP contribution in [-0.4, -0.2) is 22.2 Å². The van der Waals surface area contributed by atoms with Gasteiger partial charge in [0.15, 0.2) is 0 Å². The number of para-hydroxylation sites is 2. The van der Waals surface area contributed by atoms with Gasteiger partial charge in [-0.05, 0) is 30.5 Å². The number of nitrogens with two attached hydrogens (primary N) is 1. The van der Waals surface area contributed by atoms with Gasteiger partial charge < -0.3 is 15.4 Å². The van der Waals surface area contributed by atoms with E-state index in [1.54, 1.807) is 9.58 Å². The molecular formula is C31H27N5O2. The van der Waals surface area contributed by atoms with Crippen molar-refractivity contribution in [3.05, 3.63) is 108 Å². The number of benzene rings is 3. The van der Waals surface area contributed by atoms with Gasteiger partial charge in [-0.2, -0.15) is 15.0 Å². The molecular weight excluding hydrogens is 474 g/mol. The molecule has 0 bridgehead atoms. The molecule has 7 heteroatoms. The van der Waals surface area contributed by atoms with Crippen LogP contribution in [0.15, 0.2) is 96.4 Å². The van der Waals surface area contributed by atoms with Gasteiger partial charge in [-0.1, -0.05) is 80.6 Å². The van der Waals surface area contributed by atoms with E-state index in [2.05, 4.69) is 19.9 Å². The van der Waals surface area contributed by atoms with Gasteiger partial charge in [0.25, 0.3) is 0 Å². The first-order valence-electron chi connectivity index (χ1n) is 12.7. The number of nitriles is 1. The van der Waals surface area contributed by atoms with Crippen LogP contribution in [0.25, 0.3) is 16.9 Å². The summed E-state index contributed by atoms with van der Waals surface area (Å²) in [7, 11) is 0. The highest BCUT2D eigenvalue weighted by Crippen LogP contribution is 2.57. The monoisotopic (exact) mass is 501 g/mol. The Bertz CT molecular complexity index is 1620. The second-order valence-corrected chi connectivity index (χ2v) is 10.0. The van der Waals surface area contributed by atoms with Crippen LogP contribution in [0.4, 0.5) is 5.69 Å². The van der Waals surface area contributed by atoms with Crippen molar-refractivity contribution in [2.45, 2.75) is 25.7 Å². The van der Waals surface area contributed by atoms with Gasteiger partial charge in [0.05, 0.1) is 11.3 Å². The number of nitrogens with zero attached hydrogens (tertiary/aromatic N) is 4. The summed E-state index contributed by atoms with van der Waals surface area (Å²) in [6.07, 6.45) is 0.815. The molecule has 0 saturated carbocycles. The molecule has 0 fully saturated rings. The Morgan fingerprint density at radius 3 is 2.34 bits per heavy atom. The van der Waals surface area contributed by atoms with Crippen LogP contribution >= 0.6 is 0 Å². The highest BCUT2D eigenvalue weighted by Gasteiger charge is 2.61. The molecule has 3 heterocycles. The average Bonchev–Trinajstić information content (AvgIpc) is 3.43. The number of ether oxygens (including phenoxy) is 1. The predicted octanol–water partition coefficient (Wildman–Crippen LogP) is 5.30. The molecule has 4 aromatic rings. The smallest absolute Gasteiger partial charge is 0.247 e. The number of amides is 1. The number of fused-ring (bicyclic) bond motifs is 4. The molecule has 0 unspecified atom stereocenters. The Morgan fingerprint density at radius 2 is 1.66 bits per heavy atom. The third-order valence-corrected chi connectivity index (χ3v) is 7.30. The maximum absolute atomic E-state index is 14.8. The highest BCUT2D eigenvalue weighted by atomic mass is 16.5. The number of carbonyl (C=O) groups is 1. The van der Waals surface area contributed by atoms with Crippen LogP contribution < -0.4 is 15.4 Å². The minimum Gasteiger partial charge on any atom is -0.422 e. The van der Waals surface area contributed by atoms with Crippen LogP contribution in [0.1, 0.15) is 31.4 Å². The van der Waals surface area contributed by atoms with E-state index in [4.69, 9.17) is 15.6 Å². The van der Waals surface area contributed by atoms with Crippen LogP contribution in [0.2, 0.25) is 0 Å². The highest BCUT2D eigenvalue weighted by molar-refractivity contribution is 6.15. The average molecular weight is 502 g/mol. The normalized spacial score (nSPS) is 17.9. The summed E-state index contributed by atoms with van der Waals surface area (Å²) in [5, 5.41) is 15.5. The van der Waals surface area contributed by atoms with Crippen molar-refractivity contribution in [1.82, 2.24) is 9.78 Å². The molecule has 7 nitrogen and oxygen atoms in total. The van der Waals surface area contributed by atoms with Crippen molar-refractivity contribution in [3.63, 3.8) is 0 Å². The van der Waals surface area contributed by atoms with E-state index in [9.17, 15) is 10.1 Å². The van der Waals surface area contributed by atoms with E-state index in [1.165, 1.54) is 0 Å². The van der Waals surface area contributed by atoms with Gasteiger partial charge in [0.2, 0.25) is 17.7 Å². The molecule has 1 aromatic heterocycles. The molecule has 1 spiro atoms. The first-order chi connectivity index (χ1) is 18.5. The molecule has 1 amide bonds. The number of rotatable bonds is 5. The van der Waals surface area contributed by atoms with Gasteiger partial charge in [-0.15, -0.1) is 0 Å². The second kappa shape index (κ2) is 8.93. The lowest BCUT2D eigenvalue weighted by Gasteiger charge is -2.33. The summed E-state index contributed by atoms with van der Waals surface area (Å²) in [4.78, 5) is 16.5. The van der Waals surface area contributed by atoms with Gasteiger partial charge in [0.1, 0.15) is 22.8 Å². The zero-order chi connectivity index (χ0) is 26.4. The fourth-order valence-electron chi connectivity index (χ4n) is 5.53. The van der Waals surface area contributed by atoms with Crippen molar-refractivity contribution in [2.24, 2.45) is 11.7 Å². The minimum absolute atomic E-state index is 0.0827. The Morgan fingerprint density at radius 1 is 1.00 bits per heavy atom. The van der Waals surface area contributed by atoms with Crippen molar-refractivity contribution < 1.29 is 9.53 Å². The maximum atomic E-state index is 14.8. The summed E-state index contributed by atoms with van der Waals surface area (Å²) < 4.78 is 7.84. The molecule has 2 aliphatic heterocycles. The van der Waals surface area contributed by atoms with E-state index >= 15 is 0 Å². The zero-order valence-electron chi connectivity index (χ0n) is 21.3. The van der Waals surface area contributed by atoms with Crippen molar-refractivity contribution in [1.29, 1.82) is 5.26 Å². The molecule has 0 aliphatic carbocycles. The third-order valence-electron chi connectivity index (χ3n) is 7.30. The van der Waals surface area contributed by atoms with Gasteiger partial charge >= 0.3 is 0 Å². The van der Waals surface area contributed by atoms with Gasteiger partial charge in [-0.25, -0.2) is 0 Å².